The van der Waals surface area contributed by atoms with Crippen molar-refractivity contribution in [3.8, 4) is 0 Å². The van der Waals surface area contributed by atoms with Crippen LogP contribution in [0.25, 0.3) is 0 Å². The number of hydrogen-bond acceptors (Lipinski definition) is 5. The Morgan fingerprint density at radius 2 is 2.10 bits per heavy atom. The predicted octanol–water partition coefficient (Wildman–Crippen LogP) is -0.561. The van der Waals surface area contributed by atoms with Crippen LogP contribution in [0.5, 0.6) is 0 Å². The summed E-state index contributed by atoms with van der Waals surface area (Å²) in [5.41, 5.74) is -0.727. The van der Waals surface area contributed by atoms with Crippen LogP contribution in [0.4, 0.5) is 0 Å². The van der Waals surface area contributed by atoms with Crippen LogP contribution in [-0.4, -0.2) is 56.1 Å². The second-order valence-electron chi connectivity index (χ2n) is 6.07. The van der Waals surface area contributed by atoms with Crippen molar-refractivity contribution >= 4 is 33.7 Å². The fourth-order valence-electron chi connectivity index (χ4n) is 2.28. The molecule has 2 rings (SSSR count). The van der Waals surface area contributed by atoms with Crippen LogP contribution in [0, 0.1) is 0 Å². The molecule has 1 saturated heterocycles. The van der Waals surface area contributed by atoms with E-state index in [2.05, 4.69) is 19.8 Å². The van der Waals surface area contributed by atoms with E-state index in [0.29, 0.717) is 6.42 Å². The normalized spacial score (nSPS) is 26.9. The fourth-order valence-corrected chi connectivity index (χ4v) is 7.29. The summed E-state index contributed by atoms with van der Waals surface area (Å²) in [6, 6.07) is 0. The molecule has 8 heteroatoms. The van der Waals surface area contributed by atoms with Crippen LogP contribution in [-0.2, 0) is 0 Å². The predicted molar refractivity (Wildman–Crippen MR) is 82.4 cm³/mol. The average molecular weight is 407 g/mol. The quantitative estimate of drug-likeness (QED) is 0.585. The minimum atomic E-state index is -2.61. The Balaban J connectivity index is 2.43. The Morgan fingerprint density at radius 3 is 2.60 bits per heavy atom. The topological polar surface area (TPSA) is 95.3 Å². The van der Waals surface area contributed by atoms with Gasteiger partial charge in [0.25, 0.3) is 0 Å². The number of nitrogens with zero attached hydrogens (tertiary/aromatic N) is 1. The third-order valence-electron chi connectivity index (χ3n) is 3.47. The van der Waals surface area contributed by atoms with Gasteiger partial charge in [0.2, 0.25) is 0 Å². The molecule has 112 valence electrons. The number of nitrogens with one attached hydrogen (secondary N) is 1. The molecule has 0 radical (unpaired) electrons. The average Bonchev–Trinajstić information content (AvgIpc) is 2.68. The fraction of sp³-hybridized carbons (Fsp3) is 0.667. The van der Waals surface area contributed by atoms with Crippen molar-refractivity contribution in [1.29, 1.82) is 0 Å². The molecular weight excluding hydrogens is 387 g/mol. The van der Waals surface area contributed by atoms with Crippen molar-refractivity contribution in [2.75, 3.05) is 6.61 Å². The van der Waals surface area contributed by atoms with Gasteiger partial charge in [-0.1, -0.05) is 0 Å². The van der Waals surface area contributed by atoms with Gasteiger partial charge in [-0.3, -0.25) is 0 Å². The van der Waals surface area contributed by atoms with Crippen LogP contribution in [0.3, 0.4) is 0 Å². The minimum absolute atomic E-state index is 0.119. The Bertz CT molecular complexity index is 607. The zero-order valence-electron chi connectivity index (χ0n) is 11.8. The molecule has 3 atom stereocenters. The van der Waals surface area contributed by atoms with E-state index in [0.717, 1.165) is 3.58 Å². The third-order valence-corrected chi connectivity index (χ3v) is 10.6. The maximum atomic E-state index is 12.0. The number of aromatic nitrogens is 2. The summed E-state index contributed by atoms with van der Waals surface area (Å²) in [6.45, 7) is -0.119. The van der Waals surface area contributed by atoms with Crippen LogP contribution < -0.4 is 14.8 Å². The van der Waals surface area contributed by atoms with E-state index >= 15 is 0 Å². The first-order valence-corrected chi connectivity index (χ1v) is 17.5. The van der Waals surface area contributed by atoms with Gasteiger partial charge < -0.3 is 0 Å². The summed E-state index contributed by atoms with van der Waals surface area (Å²) < 4.78 is 2.24. The summed E-state index contributed by atoms with van der Waals surface area (Å²) in [6.07, 6.45) is 1.44. The molecule has 0 aromatic carbocycles. The van der Waals surface area contributed by atoms with E-state index in [4.69, 9.17) is 0 Å². The number of H-pyrrole nitrogens is 1. The van der Waals surface area contributed by atoms with Crippen LogP contribution >= 0.6 is 11.8 Å². The van der Waals surface area contributed by atoms with Crippen molar-refractivity contribution in [1.82, 2.24) is 9.55 Å². The molecular formula is C12H20N2O4SSn. The van der Waals surface area contributed by atoms with Gasteiger partial charge >= 0.3 is 125 Å². The number of aliphatic hydroxyl groups excluding tert-OH is 2. The number of aromatic amines is 1. The van der Waals surface area contributed by atoms with Crippen LogP contribution in [0.1, 0.15) is 11.8 Å². The Labute approximate surface area is 125 Å². The summed E-state index contributed by atoms with van der Waals surface area (Å²) in [5.74, 6) is 0. The molecule has 1 aliphatic heterocycles. The second-order valence-corrected chi connectivity index (χ2v) is 21.9. The molecule has 1 aromatic heterocycles. The molecule has 0 spiro atoms. The van der Waals surface area contributed by atoms with Crippen LogP contribution in [0.2, 0.25) is 14.8 Å². The molecule has 0 aliphatic carbocycles. The van der Waals surface area contributed by atoms with Gasteiger partial charge in [0.1, 0.15) is 0 Å². The first-order valence-electron chi connectivity index (χ1n) is 6.54. The Morgan fingerprint density at radius 1 is 1.45 bits per heavy atom. The number of rotatable bonds is 3. The first kappa shape index (κ1) is 16.1. The van der Waals surface area contributed by atoms with Gasteiger partial charge in [0, 0.05) is 0 Å². The van der Waals surface area contributed by atoms with Crippen molar-refractivity contribution in [2.45, 2.75) is 38.0 Å². The van der Waals surface area contributed by atoms with E-state index < -0.39 is 30.2 Å². The van der Waals surface area contributed by atoms with Crippen molar-refractivity contribution < 1.29 is 10.2 Å². The molecule has 0 saturated carbocycles. The van der Waals surface area contributed by atoms with Gasteiger partial charge in [-0.25, -0.2) is 0 Å². The van der Waals surface area contributed by atoms with Gasteiger partial charge in [0.05, 0.1) is 0 Å². The number of hydrogen-bond donors (Lipinski definition) is 3. The standard InChI is InChI=1S/C9H11N2O4S.3CH3.Sn/c12-4-6-5(13)3-8(16-6)11-2-1-7(14)10-9(11)15;;;;/h2,5-6,8,12-13H,3-4H2,(H,10,14,15);3*1H3;/t5?,6-,8+;;;;/m0..../s1. The molecule has 1 fully saturated rings. The first-order chi connectivity index (χ1) is 9.24. The van der Waals surface area contributed by atoms with Gasteiger partial charge in [0.15, 0.2) is 0 Å². The summed E-state index contributed by atoms with van der Waals surface area (Å²) >= 11 is -1.23. The second kappa shape index (κ2) is 5.86. The number of thioether (sulfide) groups is 1. The molecule has 1 aromatic rings. The number of aliphatic hydroxyl groups is 2. The monoisotopic (exact) mass is 408 g/mol. The van der Waals surface area contributed by atoms with Gasteiger partial charge in [-0.05, 0) is 0 Å². The molecule has 6 nitrogen and oxygen atoms in total. The third kappa shape index (κ3) is 3.15. The van der Waals surface area contributed by atoms with E-state index in [1.54, 1.807) is 6.20 Å². The SMILES string of the molecule is [CH3][Sn]([CH3])([CH3])[c]1cn([C@H]2CC(O)[C@H](CO)S2)c(=O)[nH]c1=O. The molecule has 1 unspecified atom stereocenters. The van der Waals surface area contributed by atoms with Crippen molar-refractivity contribution in [3.63, 3.8) is 0 Å². The van der Waals surface area contributed by atoms with E-state index in [1.807, 2.05) is 0 Å². The van der Waals surface area contributed by atoms with E-state index in [9.17, 15) is 19.8 Å². The summed E-state index contributed by atoms with van der Waals surface area (Å²) in [4.78, 5) is 32.6. The molecule has 0 amide bonds. The molecule has 2 heterocycles. The maximum absolute atomic E-state index is 12.0. The summed E-state index contributed by atoms with van der Waals surface area (Å²) in [7, 11) is 0. The summed E-state index contributed by atoms with van der Waals surface area (Å²) in [5, 5.41) is 18.5. The van der Waals surface area contributed by atoms with Gasteiger partial charge in [-0.2, -0.15) is 0 Å². The molecule has 20 heavy (non-hydrogen) atoms. The molecule has 3 N–H and O–H groups in total. The zero-order valence-corrected chi connectivity index (χ0v) is 15.5. The molecule has 1 aliphatic rings. The Kier molecular flexibility index (Phi) is 4.72. The van der Waals surface area contributed by atoms with E-state index in [-0.39, 0.29) is 22.8 Å². The van der Waals surface area contributed by atoms with Gasteiger partial charge in [-0.15, -0.1) is 0 Å². The van der Waals surface area contributed by atoms with E-state index in [1.165, 1.54) is 16.3 Å². The molecule has 0 bridgehead atoms. The van der Waals surface area contributed by atoms with Crippen LogP contribution in [0.15, 0.2) is 15.8 Å². The zero-order chi connectivity index (χ0) is 15.1. The van der Waals surface area contributed by atoms with Crippen molar-refractivity contribution in [2.24, 2.45) is 0 Å². The van der Waals surface area contributed by atoms with Crippen molar-refractivity contribution in [3.05, 3.63) is 27.0 Å². The Hall–Kier alpha value is -0.251.